The third-order valence-electron chi connectivity index (χ3n) is 3.91. The van der Waals surface area contributed by atoms with E-state index in [1.165, 1.54) is 46.1 Å². The Hall–Kier alpha value is -0.670. The Morgan fingerprint density at radius 2 is 1.86 bits per heavy atom. The third-order valence-corrected chi connectivity index (χ3v) is 6.56. The van der Waals surface area contributed by atoms with Gasteiger partial charge in [0.25, 0.3) is 0 Å². The zero-order chi connectivity index (χ0) is 15.8. The second-order valence-corrected chi connectivity index (χ2v) is 8.33. The molecule has 1 atom stereocenters. The number of benzene rings is 1. The molecule has 0 bridgehead atoms. The number of hydrogen-bond donors (Lipinski definition) is 0. The molecule has 0 spiro atoms. The maximum atomic E-state index is 11.8. The number of ketones is 1. The predicted octanol–water partition coefficient (Wildman–Crippen LogP) is 6.01. The maximum Gasteiger partial charge on any atom is 0.130 e. The van der Waals surface area contributed by atoms with Crippen LogP contribution in [0.15, 0.2) is 34.6 Å². The third kappa shape index (κ3) is 5.20. The van der Waals surface area contributed by atoms with Crippen molar-refractivity contribution >= 4 is 34.9 Å². The van der Waals surface area contributed by atoms with Gasteiger partial charge in [-0.1, -0.05) is 50.1 Å². The second kappa shape index (κ2) is 9.46. The molecule has 3 heteroatoms. The molecule has 0 aliphatic carbocycles. The summed E-state index contributed by atoms with van der Waals surface area (Å²) in [5, 5.41) is 0. The normalized spacial score (nSPS) is 16.4. The Kier molecular flexibility index (Phi) is 7.61. The molecule has 1 nitrogen and oxygen atoms in total. The van der Waals surface area contributed by atoms with Gasteiger partial charge in [-0.2, -0.15) is 0 Å². The van der Waals surface area contributed by atoms with Gasteiger partial charge in [0.2, 0.25) is 0 Å². The lowest BCUT2D eigenvalue weighted by Crippen LogP contribution is -2.11. The van der Waals surface area contributed by atoms with E-state index in [9.17, 15) is 4.79 Å². The summed E-state index contributed by atoms with van der Waals surface area (Å²) in [6.07, 6.45) is 5.45. The first-order valence-corrected chi connectivity index (χ1v) is 10.2. The first-order valence-electron chi connectivity index (χ1n) is 8.27. The molecule has 1 fully saturated rings. The van der Waals surface area contributed by atoms with Gasteiger partial charge in [0.05, 0.1) is 0 Å². The average Bonchev–Trinajstić information content (AvgIpc) is 2.54. The number of Topliss-reactive ketones (excluding diaryl/α,β-unsaturated/α-hetero) is 1. The van der Waals surface area contributed by atoms with Crippen molar-refractivity contribution in [2.45, 2.75) is 46.0 Å². The number of rotatable bonds is 7. The van der Waals surface area contributed by atoms with E-state index < -0.39 is 0 Å². The number of hydrogen-bond acceptors (Lipinski definition) is 3. The van der Waals surface area contributed by atoms with Gasteiger partial charge < -0.3 is 4.79 Å². The largest absolute Gasteiger partial charge is 0.300 e. The summed E-state index contributed by atoms with van der Waals surface area (Å²) < 4.78 is 1.46. The fourth-order valence-electron chi connectivity index (χ4n) is 2.87. The first kappa shape index (κ1) is 17.7. The zero-order valence-electron chi connectivity index (χ0n) is 13.6. The van der Waals surface area contributed by atoms with E-state index in [1.54, 1.807) is 6.92 Å². The van der Waals surface area contributed by atoms with Crippen LogP contribution in [0.5, 0.6) is 0 Å². The number of unbranched alkanes of at least 4 members (excludes halogenated alkanes) is 1. The predicted molar refractivity (Wildman–Crippen MR) is 101 cm³/mol. The summed E-state index contributed by atoms with van der Waals surface area (Å²) in [6.45, 7) is 3.96. The van der Waals surface area contributed by atoms with Gasteiger partial charge in [-0.05, 0) is 48.3 Å². The topological polar surface area (TPSA) is 17.1 Å². The fourth-order valence-corrected chi connectivity index (χ4v) is 5.71. The molecule has 0 N–H and O–H groups in total. The molecule has 1 saturated heterocycles. The van der Waals surface area contributed by atoms with Crippen molar-refractivity contribution in [2.24, 2.45) is 5.92 Å². The molecule has 1 unspecified atom stereocenters. The molecule has 1 heterocycles. The standard InChI is InChI=1S/C19H26OS2/c1-3-4-9-17(14-15(2)20)18(16-10-6-5-7-11-16)19-21-12-8-13-22-19/h5-7,10-11,17H,3-4,8-9,12-14H2,1-2H3. The highest BCUT2D eigenvalue weighted by atomic mass is 32.2. The quantitative estimate of drug-likeness (QED) is 0.608. The summed E-state index contributed by atoms with van der Waals surface area (Å²) >= 11 is 3.97. The van der Waals surface area contributed by atoms with Gasteiger partial charge >= 0.3 is 0 Å². The molecule has 0 saturated carbocycles. The van der Waals surface area contributed by atoms with Crippen molar-refractivity contribution in [3.63, 3.8) is 0 Å². The Morgan fingerprint density at radius 3 is 2.45 bits per heavy atom. The summed E-state index contributed by atoms with van der Waals surface area (Å²) in [5.41, 5.74) is 2.74. The van der Waals surface area contributed by atoms with Gasteiger partial charge in [-0.15, -0.1) is 23.5 Å². The highest BCUT2D eigenvalue weighted by Gasteiger charge is 2.23. The smallest absolute Gasteiger partial charge is 0.130 e. The maximum absolute atomic E-state index is 11.8. The molecule has 2 rings (SSSR count). The molecule has 0 amide bonds. The summed E-state index contributed by atoms with van der Waals surface area (Å²) in [5.74, 6) is 3.09. The molecule has 0 radical (unpaired) electrons. The van der Waals surface area contributed by atoms with Crippen molar-refractivity contribution < 1.29 is 4.79 Å². The van der Waals surface area contributed by atoms with E-state index in [4.69, 9.17) is 0 Å². The summed E-state index contributed by atoms with van der Waals surface area (Å²) in [4.78, 5) is 11.8. The van der Waals surface area contributed by atoms with Crippen LogP contribution in [0.25, 0.3) is 5.57 Å². The minimum atomic E-state index is 0.306. The Balaban J connectivity index is 2.38. The van der Waals surface area contributed by atoms with Crippen molar-refractivity contribution in [2.75, 3.05) is 11.5 Å². The minimum Gasteiger partial charge on any atom is -0.300 e. The molecular formula is C19H26OS2. The van der Waals surface area contributed by atoms with Gasteiger partial charge in [-0.3, -0.25) is 0 Å². The summed E-state index contributed by atoms with van der Waals surface area (Å²) in [6, 6.07) is 10.7. The zero-order valence-corrected chi connectivity index (χ0v) is 15.3. The van der Waals surface area contributed by atoms with Gasteiger partial charge in [-0.25, -0.2) is 0 Å². The van der Waals surface area contributed by atoms with Crippen LogP contribution in [-0.4, -0.2) is 17.3 Å². The van der Waals surface area contributed by atoms with E-state index in [1.807, 2.05) is 23.5 Å². The molecule has 1 aliphatic heterocycles. The van der Waals surface area contributed by atoms with E-state index >= 15 is 0 Å². The highest BCUT2D eigenvalue weighted by Crippen LogP contribution is 2.45. The van der Waals surface area contributed by atoms with Gasteiger partial charge in [0, 0.05) is 10.7 Å². The lowest BCUT2D eigenvalue weighted by Gasteiger charge is -2.25. The lowest BCUT2D eigenvalue weighted by molar-refractivity contribution is -0.117. The Morgan fingerprint density at radius 1 is 1.18 bits per heavy atom. The van der Waals surface area contributed by atoms with Crippen LogP contribution in [0, 0.1) is 5.92 Å². The molecule has 1 aromatic carbocycles. The van der Waals surface area contributed by atoms with Crippen molar-refractivity contribution in [1.82, 2.24) is 0 Å². The Bertz CT molecular complexity index is 499. The van der Waals surface area contributed by atoms with Crippen LogP contribution in [-0.2, 0) is 4.79 Å². The number of allylic oxidation sites excluding steroid dienone is 1. The molecule has 120 valence electrons. The van der Waals surface area contributed by atoms with Crippen LogP contribution in [0.3, 0.4) is 0 Å². The highest BCUT2D eigenvalue weighted by molar-refractivity contribution is 8.23. The van der Waals surface area contributed by atoms with Crippen LogP contribution in [0.4, 0.5) is 0 Å². The first-order chi connectivity index (χ1) is 10.7. The van der Waals surface area contributed by atoms with Crippen LogP contribution in [0.2, 0.25) is 0 Å². The van der Waals surface area contributed by atoms with E-state index in [0.717, 1.165) is 6.42 Å². The second-order valence-electron chi connectivity index (χ2n) is 5.86. The van der Waals surface area contributed by atoms with Crippen LogP contribution in [0.1, 0.15) is 51.5 Å². The van der Waals surface area contributed by atoms with Gasteiger partial charge in [0.15, 0.2) is 0 Å². The molecular weight excluding hydrogens is 308 g/mol. The average molecular weight is 335 g/mol. The van der Waals surface area contributed by atoms with Gasteiger partial charge in [0.1, 0.15) is 5.78 Å². The summed E-state index contributed by atoms with van der Waals surface area (Å²) in [7, 11) is 0. The minimum absolute atomic E-state index is 0.306. The van der Waals surface area contributed by atoms with E-state index in [-0.39, 0.29) is 0 Å². The number of carbonyl (C=O) groups excluding carboxylic acids is 1. The van der Waals surface area contributed by atoms with Crippen molar-refractivity contribution in [3.8, 4) is 0 Å². The van der Waals surface area contributed by atoms with Crippen molar-refractivity contribution in [3.05, 3.63) is 40.1 Å². The fraction of sp³-hybridized carbons (Fsp3) is 0.526. The molecule has 0 aromatic heterocycles. The SMILES string of the molecule is CCCCC(CC(C)=O)C(=C1SCCCS1)c1ccccc1. The van der Waals surface area contributed by atoms with E-state index in [2.05, 4.69) is 37.3 Å². The number of thioether (sulfide) groups is 2. The lowest BCUT2D eigenvalue weighted by atomic mass is 9.86. The van der Waals surface area contributed by atoms with Crippen molar-refractivity contribution in [1.29, 1.82) is 0 Å². The van der Waals surface area contributed by atoms with E-state index in [0.29, 0.717) is 18.1 Å². The number of carbonyl (C=O) groups is 1. The molecule has 22 heavy (non-hydrogen) atoms. The molecule has 1 aromatic rings. The Labute approximate surface area is 143 Å². The van der Waals surface area contributed by atoms with Crippen LogP contribution < -0.4 is 0 Å². The van der Waals surface area contributed by atoms with Crippen LogP contribution >= 0.6 is 23.5 Å². The monoisotopic (exact) mass is 334 g/mol. The molecule has 1 aliphatic rings.